The monoisotopic (exact) mass is 337 g/mol. The lowest BCUT2D eigenvalue weighted by Crippen LogP contribution is -2.28. The summed E-state index contributed by atoms with van der Waals surface area (Å²) in [6, 6.07) is 10.7. The van der Waals surface area contributed by atoms with Crippen LogP contribution in [-0.4, -0.2) is 6.04 Å². The smallest absolute Gasteiger partial charge is 0.150 e. The molecule has 0 fully saturated rings. The zero-order chi connectivity index (χ0) is 14.1. The number of rotatable bonds is 2. The van der Waals surface area contributed by atoms with Crippen molar-refractivity contribution in [2.24, 2.45) is 0 Å². The summed E-state index contributed by atoms with van der Waals surface area (Å²) in [5, 5.41) is 3.20. The summed E-state index contributed by atoms with van der Waals surface area (Å²) in [7, 11) is 0. The van der Waals surface area contributed by atoms with Crippen molar-refractivity contribution < 1.29 is 8.78 Å². The van der Waals surface area contributed by atoms with Gasteiger partial charge < -0.3 is 5.32 Å². The third kappa shape index (κ3) is 2.70. The van der Waals surface area contributed by atoms with Crippen LogP contribution in [0.25, 0.3) is 0 Å². The summed E-state index contributed by atoms with van der Waals surface area (Å²) in [5.74, 6) is -1.13. The van der Waals surface area contributed by atoms with E-state index in [4.69, 9.17) is 0 Å². The number of halogens is 3. The maximum Gasteiger partial charge on any atom is 0.150 e. The van der Waals surface area contributed by atoms with Crippen LogP contribution in [-0.2, 0) is 12.8 Å². The lowest BCUT2D eigenvalue weighted by Gasteiger charge is -2.27. The zero-order valence-corrected chi connectivity index (χ0v) is 12.4. The van der Waals surface area contributed by atoms with E-state index in [0.717, 1.165) is 25.3 Å². The van der Waals surface area contributed by atoms with Gasteiger partial charge in [-0.3, -0.25) is 0 Å². The molecule has 0 aromatic heterocycles. The van der Waals surface area contributed by atoms with Gasteiger partial charge in [-0.1, -0.05) is 24.3 Å². The van der Waals surface area contributed by atoms with Crippen molar-refractivity contribution in [3.63, 3.8) is 0 Å². The van der Waals surface area contributed by atoms with Crippen LogP contribution in [0.2, 0.25) is 0 Å². The van der Waals surface area contributed by atoms with Gasteiger partial charge in [0.25, 0.3) is 0 Å². The fourth-order valence-electron chi connectivity index (χ4n) is 2.71. The first-order valence-corrected chi connectivity index (χ1v) is 7.40. The Morgan fingerprint density at radius 1 is 1.10 bits per heavy atom. The summed E-state index contributed by atoms with van der Waals surface area (Å²) in [5.41, 5.74) is 3.01. The van der Waals surface area contributed by atoms with E-state index >= 15 is 0 Å². The number of fused-ring (bicyclic) bond motifs is 1. The number of aryl methyl sites for hydroxylation is 1. The molecule has 2 aromatic carbocycles. The van der Waals surface area contributed by atoms with Crippen molar-refractivity contribution in [1.29, 1.82) is 0 Å². The number of benzene rings is 2. The van der Waals surface area contributed by atoms with Crippen LogP contribution in [0.3, 0.4) is 0 Å². The average Bonchev–Trinajstić information content (AvgIpc) is 2.42. The van der Waals surface area contributed by atoms with Gasteiger partial charge >= 0.3 is 0 Å². The number of anilines is 1. The van der Waals surface area contributed by atoms with Crippen LogP contribution >= 0.6 is 15.9 Å². The lowest BCUT2D eigenvalue weighted by molar-refractivity contribution is 0.571. The predicted molar refractivity (Wildman–Crippen MR) is 79.9 cm³/mol. The summed E-state index contributed by atoms with van der Waals surface area (Å²) in [6.45, 7) is 0. The maximum atomic E-state index is 13.8. The Hall–Kier alpha value is -1.42. The molecule has 0 heterocycles. The fourth-order valence-corrected chi connectivity index (χ4v) is 3.23. The van der Waals surface area contributed by atoms with Crippen molar-refractivity contribution in [2.45, 2.75) is 25.3 Å². The van der Waals surface area contributed by atoms with Gasteiger partial charge in [0.2, 0.25) is 0 Å². The number of nitrogens with one attached hydrogen (secondary N) is 1. The number of hydrogen-bond donors (Lipinski definition) is 1. The highest BCUT2D eigenvalue weighted by Crippen LogP contribution is 2.30. The molecule has 1 unspecified atom stereocenters. The molecule has 0 bridgehead atoms. The van der Waals surface area contributed by atoms with E-state index in [1.54, 1.807) is 0 Å². The van der Waals surface area contributed by atoms with Crippen molar-refractivity contribution in [3.8, 4) is 0 Å². The van der Waals surface area contributed by atoms with Gasteiger partial charge in [0.15, 0.2) is 0 Å². The normalized spacial score (nSPS) is 17.6. The predicted octanol–water partition coefficient (Wildman–Crippen LogP) is 4.70. The highest BCUT2D eigenvalue weighted by molar-refractivity contribution is 9.10. The second kappa shape index (κ2) is 5.52. The Bertz CT molecular complexity index is 619. The van der Waals surface area contributed by atoms with E-state index in [1.807, 2.05) is 12.1 Å². The molecule has 1 aliphatic rings. The van der Waals surface area contributed by atoms with Gasteiger partial charge in [-0.05, 0) is 52.4 Å². The Morgan fingerprint density at radius 3 is 2.60 bits per heavy atom. The molecule has 1 atom stereocenters. The molecule has 1 aliphatic carbocycles. The maximum absolute atomic E-state index is 13.8. The second-order valence-electron chi connectivity index (χ2n) is 5.10. The van der Waals surface area contributed by atoms with Gasteiger partial charge in [-0.15, -0.1) is 0 Å². The first kappa shape index (κ1) is 13.6. The Morgan fingerprint density at radius 2 is 1.85 bits per heavy atom. The number of hydrogen-bond acceptors (Lipinski definition) is 1. The molecule has 0 radical (unpaired) electrons. The third-order valence-electron chi connectivity index (χ3n) is 3.70. The van der Waals surface area contributed by atoms with Crippen LogP contribution in [0, 0.1) is 11.6 Å². The van der Waals surface area contributed by atoms with Gasteiger partial charge in [-0.2, -0.15) is 0 Å². The van der Waals surface area contributed by atoms with Gasteiger partial charge in [0.1, 0.15) is 11.6 Å². The van der Waals surface area contributed by atoms with Crippen molar-refractivity contribution >= 4 is 21.6 Å². The quantitative estimate of drug-likeness (QED) is 0.837. The lowest BCUT2D eigenvalue weighted by atomic mass is 9.88. The van der Waals surface area contributed by atoms with E-state index in [-0.39, 0.29) is 6.04 Å². The largest absolute Gasteiger partial charge is 0.379 e. The fraction of sp³-hybridized carbons (Fsp3) is 0.250. The minimum atomic E-state index is -0.575. The summed E-state index contributed by atoms with van der Waals surface area (Å²) >= 11 is 3.21. The standard InChI is InChI=1S/C16H14BrF2N/c17-14-8-12(18)9-15(19)16(14)20-13-6-5-10-3-1-2-4-11(10)7-13/h1-4,8-9,13,20H,5-7H2. The molecule has 20 heavy (non-hydrogen) atoms. The van der Waals surface area contributed by atoms with Crippen molar-refractivity contribution in [1.82, 2.24) is 0 Å². The first-order valence-electron chi connectivity index (χ1n) is 6.61. The van der Waals surface area contributed by atoms with Crippen LogP contribution < -0.4 is 5.32 Å². The summed E-state index contributed by atoms with van der Waals surface area (Å²) in [4.78, 5) is 0. The van der Waals surface area contributed by atoms with Gasteiger partial charge in [0.05, 0.1) is 5.69 Å². The Labute approximate surface area is 125 Å². The van der Waals surface area contributed by atoms with E-state index in [1.165, 1.54) is 17.2 Å². The van der Waals surface area contributed by atoms with Crippen molar-refractivity contribution in [3.05, 3.63) is 63.6 Å². The topological polar surface area (TPSA) is 12.0 Å². The van der Waals surface area contributed by atoms with Gasteiger partial charge in [-0.25, -0.2) is 8.78 Å². The van der Waals surface area contributed by atoms with Crippen LogP contribution in [0.5, 0.6) is 0 Å². The zero-order valence-electron chi connectivity index (χ0n) is 10.8. The molecule has 1 nitrogen and oxygen atoms in total. The highest BCUT2D eigenvalue weighted by Gasteiger charge is 2.20. The summed E-state index contributed by atoms with van der Waals surface area (Å²) < 4.78 is 27.3. The Balaban J connectivity index is 1.80. The van der Waals surface area contributed by atoms with Crippen LogP contribution in [0.1, 0.15) is 17.5 Å². The molecule has 0 spiro atoms. The molecule has 0 saturated heterocycles. The van der Waals surface area contributed by atoms with Crippen molar-refractivity contribution in [2.75, 3.05) is 5.32 Å². The van der Waals surface area contributed by atoms with Gasteiger partial charge in [0, 0.05) is 16.6 Å². The minimum Gasteiger partial charge on any atom is -0.379 e. The van der Waals surface area contributed by atoms with E-state index in [2.05, 4.69) is 33.4 Å². The average molecular weight is 338 g/mol. The molecule has 1 N–H and O–H groups in total. The molecule has 0 saturated carbocycles. The second-order valence-corrected chi connectivity index (χ2v) is 5.95. The molecule has 104 valence electrons. The van der Waals surface area contributed by atoms with Crippen LogP contribution in [0.4, 0.5) is 14.5 Å². The third-order valence-corrected chi connectivity index (χ3v) is 4.33. The molecule has 3 rings (SSSR count). The SMILES string of the molecule is Fc1cc(F)c(NC2CCc3ccccc3C2)c(Br)c1. The Kier molecular flexibility index (Phi) is 3.74. The first-order chi connectivity index (χ1) is 9.63. The molecule has 0 aliphatic heterocycles. The highest BCUT2D eigenvalue weighted by atomic mass is 79.9. The molecule has 4 heteroatoms. The molecular weight excluding hydrogens is 324 g/mol. The van der Waals surface area contributed by atoms with E-state index in [9.17, 15) is 8.78 Å². The molecule has 2 aromatic rings. The minimum absolute atomic E-state index is 0.168. The molecular formula is C16H14BrF2N. The molecule has 0 amide bonds. The summed E-state index contributed by atoms with van der Waals surface area (Å²) in [6.07, 6.45) is 2.79. The van der Waals surface area contributed by atoms with E-state index < -0.39 is 11.6 Å². The van der Waals surface area contributed by atoms with E-state index in [0.29, 0.717) is 10.2 Å². The van der Waals surface area contributed by atoms with Crippen LogP contribution in [0.15, 0.2) is 40.9 Å².